The van der Waals surface area contributed by atoms with Gasteiger partial charge in [0.15, 0.2) is 0 Å². The van der Waals surface area contributed by atoms with Crippen molar-refractivity contribution >= 4 is 22.9 Å². The normalized spacial score (nSPS) is 12.8. The van der Waals surface area contributed by atoms with Crippen molar-refractivity contribution in [2.24, 2.45) is 5.73 Å². The highest BCUT2D eigenvalue weighted by Crippen LogP contribution is 2.33. The molecule has 1 nitrogen and oxygen atoms in total. The number of nitrogens with two attached hydrogens (primary N) is 1. The summed E-state index contributed by atoms with van der Waals surface area (Å²) in [6.45, 7) is 3.68. The lowest BCUT2D eigenvalue weighted by Crippen LogP contribution is -2.10. The van der Waals surface area contributed by atoms with E-state index in [0.29, 0.717) is 5.56 Å². The van der Waals surface area contributed by atoms with E-state index in [2.05, 4.69) is 0 Å². The molecule has 90 valence electrons. The molecule has 0 bridgehead atoms. The van der Waals surface area contributed by atoms with E-state index in [1.807, 2.05) is 13.0 Å². The van der Waals surface area contributed by atoms with Gasteiger partial charge in [-0.2, -0.15) is 0 Å². The molecule has 0 saturated carbocycles. The van der Waals surface area contributed by atoms with E-state index in [4.69, 9.17) is 17.3 Å². The smallest absolute Gasteiger partial charge is 0.126 e. The van der Waals surface area contributed by atoms with E-state index in [-0.39, 0.29) is 11.9 Å². The Hall–Kier alpha value is -0.900. The van der Waals surface area contributed by atoms with E-state index in [9.17, 15) is 4.39 Å². The Morgan fingerprint density at radius 3 is 2.47 bits per heavy atom. The van der Waals surface area contributed by atoms with Crippen LogP contribution < -0.4 is 5.73 Å². The van der Waals surface area contributed by atoms with Crippen molar-refractivity contribution in [2.75, 3.05) is 0 Å². The van der Waals surface area contributed by atoms with Gasteiger partial charge in [0.1, 0.15) is 5.82 Å². The zero-order chi connectivity index (χ0) is 12.6. The van der Waals surface area contributed by atoms with Crippen LogP contribution in [0.5, 0.6) is 0 Å². The maximum atomic E-state index is 13.2. The van der Waals surface area contributed by atoms with Crippen molar-refractivity contribution in [1.29, 1.82) is 0 Å². The van der Waals surface area contributed by atoms with Crippen LogP contribution in [0, 0.1) is 19.7 Å². The van der Waals surface area contributed by atoms with Crippen LogP contribution in [0.15, 0.2) is 24.3 Å². The van der Waals surface area contributed by atoms with Gasteiger partial charge in [-0.3, -0.25) is 0 Å². The minimum absolute atomic E-state index is 0.207. The third-order valence-electron chi connectivity index (χ3n) is 2.72. The summed E-state index contributed by atoms with van der Waals surface area (Å²) in [5.41, 5.74) is 8.69. The molecule has 1 aromatic heterocycles. The molecule has 0 aliphatic rings. The third-order valence-corrected chi connectivity index (χ3v) is 4.36. The number of rotatable bonds is 2. The van der Waals surface area contributed by atoms with Crippen LogP contribution in [-0.2, 0) is 0 Å². The highest BCUT2D eigenvalue weighted by molar-refractivity contribution is 7.16. The van der Waals surface area contributed by atoms with Crippen molar-refractivity contribution < 1.29 is 4.39 Å². The number of aryl methyl sites for hydroxylation is 2. The van der Waals surface area contributed by atoms with Crippen LogP contribution in [0.2, 0.25) is 4.34 Å². The Labute approximate surface area is 109 Å². The second-order valence-electron chi connectivity index (χ2n) is 4.09. The molecule has 0 fully saturated rings. The van der Waals surface area contributed by atoms with Gasteiger partial charge in [-0.05, 0) is 42.7 Å². The molecule has 1 aromatic carbocycles. The number of halogens is 2. The van der Waals surface area contributed by atoms with Crippen molar-refractivity contribution in [3.63, 3.8) is 0 Å². The Kier molecular flexibility index (Phi) is 3.52. The summed E-state index contributed by atoms with van der Waals surface area (Å²) < 4.78 is 13.9. The lowest BCUT2D eigenvalue weighted by molar-refractivity contribution is 0.617. The van der Waals surface area contributed by atoms with Crippen molar-refractivity contribution in [2.45, 2.75) is 19.9 Å². The summed E-state index contributed by atoms with van der Waals surface area (Å²) in [5, 5.41) is 0. The monoisotopic (exact) mass is 269 g/mol. The van der Waals surface area contributed by atoms with Crippen LogP contribution >= 0.6 is 22.9 Å². The molecule has 1 unspecified atom stereocenters. The quantitative estimate of drug-likeness (QED) is 0.869. The first-order valence-electron chi connectivity index (χ1n) is 5.26. The highest BCUT2D eigenvalue weighted by atomic mass is 35.5. The van der Waals surface area contributed by atoms with Gasteiger partial charge < -0.3 is 5.73 Å². The second kappa shape index (κ2) is 4.77. The van der Waals surface area contributed by atoms with Crippen molar-refractivity contribution in [3.05, 3.63) is 56.0 Å². The van der Waals surface area contributed by atoms with E-state index >= 15 is 0 Å². The summed E-state index contributed by atoms with van der Waals surface area (Å²) in [4.78, 5) is 0.999. The second-order valence-corrected chi connectivity index (χ2v) is 5.78. The van der Waals surface area contributed by atoms with Crippen LogP contribution in [-0.4, -0.2) is 0 Å². The van der Waals surface area contributed by atoms with Gasteiger partial charge in [0.05, 0.1) is 10.4 Å². The third kappa shape index (κ3) is 2.51. The number of benzene rings is 1. The summed E-state index contributed by atoms with van der Waals surface area (Å²) in [5.74, 6) is -0.207. The van der Waals surface area contributed by atoms with Crippen LogP contribution in [0.25, 0.3) is 0 Å². The van der Waals surface area contributed by atoms with Crippen molar-refractivity contribution in [3.8, 4) is 0 Å². The van der Waals surface area contributed by atoms with E-state index in [0.717, 1.165) is 20.3 Å². The molecule has 0 amide bonds. The lowest BCUT2D eigenvalue weighted by atomic mass is 10.0. The van der Waals surface area contributed by atoms with Gasteiger partial charge in [-0.15, -0.1) is 11.3 Å². The molecule has 17 heavy (non-hydrogen) atoms. The molecule has 1 atom stereocenters. The highest BCUT2D eigenvalue weighted by Gasteiger charge is 2.14. The maximum absolute atomic E-state index is 13.2. The van der Waals surface area contributed by atoms with E-state index in [1.165, 1.54) is 17.4 Å². The molecule has 2 N–H and O–H groups in total. The first kappa shape index (κ1) is 12.6. The molecule has 1 heterocycles. The summed E-state index contributed by atoms with van der Waals surface area (Å²) in [6.07, 6.45) is 0. The van der Waals surface area contributed by atoms with E-state index in [1.54, 1.807) is 19.1 Å². The standard InChI is InChI=1S/C13H13ClFNS/c1-7-5-9(3-4-10(7)15)12(16)11-6-8(2)13(14)17-11/h3-6,12H,16H2,1-2H3. The fraction of sp³-hybridized carbons (Fsp3) is 0.231. The first-order chi connectivity index (χ1) is 7.99. The topological polar surface area (TPSA) is 26.0 Å². The van der Waals surface area contributed by atoms with Gasteiger partial charge in [0.25, 0.3) is 0 Å². The molecular weight excluding hydrogens is 257 g/mol. The van der Waals surface area contributed by atoms with Gasteiger partial charge in [0.2, 0.25) is 0 Å². The van der Waals surface area contributed by atoms with Crippen LogP contribution in [0.4, 0.5) is 4.39 Å². The zero-order valence-corrected chi connectivity index (χ0v) is 11.2. The number of thiophene rings is 1. The van der Waals surface area contributed by atoms with Gasteiger partial charge in [-0.25, -0.2) is 4.39 Å². The van der Waals surface area contributed by atoms with Gasteiger partial charge in [0, 0.05) is 4.88 Å². The minimum Gasteiger partial charge on any atom is -0.320 e. The molecular formula is C13H13ClFNS. The Bertz CT molecular complexity index is 531. The zero-order valence-electron chi connectivity index (χ0n) is 9.63. The van der Waals surface area contributed by atoms with Crippen LogP contribution in [0.1, 0.15) is 27.6 Å². The first-order valence-corrected chi connectivity index (χ1v) is 6.46. The Morgan fingerprint density at radius 1 is 1.24 bits per heavy atom. The average Bonchev–Trinajstić information content (AvgIpc) is 2.62. The predicted molar refractivity (Wildman–Crippen MR) is 71.2 cm³/mol. The number of hydrogen-bond acceptors (Lipinski definition) is 2. The minimum atomic E-state index is -0.245. The molecule has 0 aliphatic carbocycles. The van der Waals surface area contributed by atoms with Crippen LogP contribution in [0.3, 0.4) is 0 Å². The van der Waals surface area contributed by atoms with E-state index < -0.39 is 0 Å². The summed E-state index contributed by atoms with van der Waals surface area (Å²) >= 11 is 7.49. The predicted octanol–water partition coefficient (Wildman–Crippen LogP) is 4.21. The Morgan fingerprint density at radius 2 is 1.94 bits per heavy atom. The molecule has 4 heteroatoms. The summed E-state index contributed by atoms with van der Waals surface area (Å²) in [6, 6.07) is 6.69. The molecule has 2 aromatic rings. The van der Waals surface area contributed by atoms with Crippen molar-refractivity contribution in [1.82, 2.24) is 0 Å². The number of hydrogen-bond donors (Lipinski definition) is 1. The van der Waals surface area contributed by atoms with Gasteiger partial charge in [-0.1, -0.05) is 23.7 Å². The fourth-order valence-electron chi connectivity index (χ4n) is 1.66. The average molecular weight is 270 g/mol. The maximum Gasteiger partial charge on any atom is 0.126 e. The molecule has 0 radical (unpaired) electrons. The van der Waals surface area contributed by atoms with Gasteiger partial charge >= 0.3 is 0 Å². The largest absolute Gasteiger partial charge is 0.320 e. The SMILES string of the molecule is Cc1cc(C(N)c2cc(C)c(Cl)s2)ccc1F. The molecule has 2 rings (SSSR count). The Balaban J connectivity index is 2.36. The fourth-order valence-corrected chi connectivity index (χ4v) is 2.91. The lowest BCUT2D eigenvalue weighted by Gasteiger charge is -2.11. The molecule has 0 saturated heterocycles. The molecule has 0 aliphatic heterocycles. The molecule has 0 spiro atoms. The summed E-state index contributed by atoms with van der Waals surface area (Å²) in [7, 11) is 0.